The highest BCUT2D eigenvalue weighted by molar-refractivity contribution is 6.21. The van der Waals surface area contributed by atoms with Crippen LogP contribution in [0.5, 0.6) is 0 Å². The van der Waals surface area contributed by atoms with E-state index in [-0.39, 0.29) is 18.4 Å². The minimum absolute atomic E-state index is 0.241. The quantitative estimate of drug-likeness (QED) is 0.609. The van der Waals surface area contributed by atoms with E-state index >= 15 is 0 Å². The zero-order valence-electron chi connectivity index (χ0n) is 12.2. The normalized spacial score (nSPS) is 13.6. The summed E-state index contributed by atoms with van der Waals surface area (Å²) in [7, 11) is 0. The molecule has 0 N–H and O–H groups in total. The molecule has 22 heavy (non-hydrogen) atoms. The van der Waals surface area contributed by atoms with Crippen LogP contribution in [0.3, 0.4) is 0 Å². The number of carbonyl (C=O) groups is 2. The van der Waals surface area contributed by atoms with Crippen LogP contribution in [0, 0.1) is 0 Å². The molecule has 1 aliphatic heterocycles. The molecule has 0 unspecified atom stereocenters. The number of amides is 2. The Bertz CT molecular complexity index is 730. The molecule has 0 atom stereocenters. The molecule has 0 saturated heterocycles. The van der Waals surface area contributed by atoms with E-state index in [9.17, 15) is 9.59 Å². The van der Waals surface area contributed by atoms with Gasteiger partial charge in [0.05, 0.1) is 17.7 Å². The number of nitrogens with zero attached hydrogens (tertiary/aromatic N) is 5. The first-order valence-electron chi connectivity index (χ1n) is 6.92. The molecule has 0 saturated carbocycles. The van der Waals surface area contributed by atoms with E-state index in [1.54, 1.807) is 24.3 Å². The van der Waals surface area contributed by atoms with Gasteiger partial charge in [-0.05, 0) is 24.3 Å². The number of hydrogen-bond acceptors (Lipinski definition) is 5. The predicted molar refractivity (Wildman–Crippen MR) is 78.1 cm³/mol. The molecule has 2 amide bonds. The van der Waals surface area contributed by atoms with Gasteiger partial charge in [-0.2, -0.15) is 4.80 Å². The van der Waals surface area contributed by atoms with Crippen molar-refractivity contribution in [1.82, 2.24) is 25.1 Å². The van der Waals surface area contributed by atoms with E-state index in [4.69, 9.17) is 0 Å². The van der Waals surface area contributed by atoms with Crippen molar-refractivity contribution in [2.45, 2.75) is 19.9 Å². The van der Waals surface area contributed by atoms with Crippen LogP contribution in [0.4, 0.5) is 0 Å². The van der Waals surface area contributed by atoms with Gasteiger partial charge in [0, 0.05) is 13.0 Å². The van der Waals surface area contributed by atoms with E-state index < -0.39 is 0 Å². The molecule has 0 aliphatic carbocycles. The number of carbonyl (C=O) groups excluding carboxylic acids is 2. The summed E-state index contributed by atoms with van der Waals surface area (Å²) in [5.41, 5.74) is 1.82. The number of benzene rings is 1. The topological polar surface area (TPSA) is 81.0 Å². The smallest absolute Gasteiger partial charge is 0.261 e. The minimum atomic E-state index is -0.269. The van der Waals surface area contributed by atoms with E-state index in [1.165, 1.54) is 9.70 Å². The van der Waals surface area contributed by atoms with Gasteiger partial charge in [0.2, 0.25) is 0 Å². The fourth-order valence-corrected chi connectivity index (χ4v) is 2.34. The number of imide groups is 1. The third-order valence-electron chi connectivity index (χ3n) is 3.34. The first-order chi connectivity index (χ1) is 10.6. The Kier molecular flexibility index (Phi) is 3.54. The van der Waals surface area contributed by atoms with Crippen molar-refractivity contribution in [3.8, 4) is 0 Å². The summed E-state index contributed by atoms with van der Waals surface area (Å²) in [4.78, 5) is 27.1. The van der Waals surface area contributed by atoms with Crippen LogP contribution in [-0.2, 0) is 13.0 Å². The molecule has 3 rings (SSSR count). The molecule has 7 heteroatoms. The molecule has 1 aromatic heterocycles. The van der Waals surface area contributed by atoms with E-state index in [2.05, 4.69) is 22.0 Å². The fourth-order valence-electron chi connectivity index (χ4n) is 2.34. The largest absolute Gasteiger partial charge is 0.274 e. The lowest BCUT2D eigenvalue weighted by Crippen LogP contribution is -2.32. The SMILES string of the molecule is C=C(C)Cn1nnc(CCN2C(=O)c3ccccc3C2=O)n1. The molecule has 2 heterocycles. The van der Waals surface area contributed by atoms with Crippen molar-refractivity contribution in [1.29, 1.82) is 0 Å². The molecule has 0 bridgehead atoms. The summed E-state index contributed by atoms with van der Waals surface area (Å²) in [5.74, 6) is -0.0392. The van der Waals surface area contributed by atoms with Crippen LogP contribution >= 0.6 is 0 Å². The van der Waals surface area contributed by atoms with Crippen molar-refractivity contribution in [3.63, 3.8) is 0 Å². The van der Waals surface area contributed by atoms with Crippen LogP contribution in [0.25, 0.3) is 0 Å². The second-order valence-electron chi connectivity index (χ2n) is 5.25. The van der Waals surface area contributed by atoms with Gasteiger partial charge in [0.1, 0.15) is 0 Å². The maximum atomic E-state index is 12.2. The van der Waals surface area contributed by atoms with Crippen LogP contribution in [-0.4, -0.2) is 43.5 Å². The van der Waals surface area contributed by atoms with Gasteiger partial charge in [0.15, 0.2) is 5.82 Å². The van der Waals surface area contributed by atoms with Crippen LogP contribution in [0.15, 0.2) is 36.4 Å². The number of aromatic nitrogens is 4. The number of fused-ring (bicyclic) bond motifs is 1. The van der Waals surface area contributed by atoms with Gasteiger partial charge in [-0.25, -0.2) is 0 Å². The maximum absolute atomic E-state index is 12.2. The second kappa shape index (κ2) is 5.51. The van der Waals surface area contributed by atoms with Gasteiger partial charge in [-0.15, -0.1) is 10.2 Å². The van der Waals surface area contributed by atoms with Gasteiger partial charge in [-0.1, -0.05) is 24.3 Å². The molecule has 0 spiro atoms. The Morgan fingerprint density at radius 2 is 1.82 bits per heavy atom. The summed E-state index contributed by atoms with van der Waals surface area (Å²) < 4.78 is 0. The van der Waals surface area contributed by atoms with Crippen LogP contribution in [0.1, 0.15) is 33.5 Å². The Balaban J connectivity index is 1.68. The summed E-state index contributed by atoms with van der Waals surface area (Å²) in [6.45, 7) is 6.40. The van der Waals surface area contributed by atoms with Crippen molar-refractivity contribution in [3.05, 3.63) is 53.4 Å². The second-order valence-corrected chi connectivity index (χ2v) is 5.25. The lowest BCUT2D eigenvalue weighted by atomic mass is 10.1. The number of rotatable bonds is 5. The molecule has 0 radical (unpaired) electrons. The zero-order valence-corrected chi connectivity index (χ0v) is 12.2. The summed E-state index contributed by atoms with van der Waals surface area (Å²) in [5, 5.41) is 12.0. The molecule has 2 aromatic rings. The molecule has 112 valence electrons. The molecular formula is C15H15N5O2. The van der Waals surface area contributed by atoms with Crippen molar-refractivity contribution in [2.75, 3.05) is 6.54 Å². The van der Waals surface area contributed by atoms with Gasteiger partial charge in [0.25, 0.3) is 11.8 Å². The third-order valence-corrected chi connectivity index (χ3v) is 3.34. The zero-order chi connectivity index (χ0) is 15.7. The maximum Gasteiger partial charge on any atom is 0.261 e. The summed E-state index contributed by atoms with van der Waals surface area (Å²) in [6.07, 6.45) is 0.377. The van der Waals surface area contributed by atoms with E-state index in [0.717, 1.165) is 5.57 Å². The summed E-state index contributed by atoms with van der Waals surface area (Å²) >= 11 is 0. The molecule has 7 nitrogen and oxygen atoms in total. The lowest BCUT2D eigenvalue weighted by Gasteiger charge is -2.11. The standard InChI is InChI=1S/C15H15N5O2/c1-10(2)9-20-17-13(16-18-20)7-8-19-14(21)11-5-3-4-6-12(11)15(19)22/h3-6H,1,7-9H2,2H3. The molecular weight excluding hydrogens is 282 g/mol. The van der Waals surface area contributed by atoms with Crippen LogP contribution < -0.4 is 0 Å². The molecule has 1 aliphatic rings. The predicted octanol–water partition coefficient (Wildman–Crippen LogP) is 1.09. The fraction of sp³-hybridized carbons (Fsp3) is 0.267. The van der Waals surface area contributed by atoms with Gasteiger partial charge < -0.3 is 0 Å². The van der Waals surface area contributed by atoms with E-state index in [0.29, 0.717) is 29.9 Å². The Morgan fingerprint density at radius 1 is 1.18 bits per heavy atom. The highest BCUT2D eigenvalue weighted by Gasteiger charge is 2.34. The van der Waals surface area contributed by atoms with Crippen molar-refractivity contribution < 1.29 is 9.59 Å². The highest BCUT2D eigenvalue weighted by Crippen LogP contribution is 2.22. The Hall–Kier alpha value is -2.83. The summed E-state index contributed by atoms with van der Waals surface area (Å²) in [6, 6.07) is 6.82. The first kappa shape index (κ1) is 14.1. The first-order valence-corrected chi connectivity index (χ1v) is 6.92. The monoisotopic (exact) mass is 297 g/mol. The van der Waals surface area contributed by atoms with Crippen LogP contribution in [0.2, 0.25) is 0 Å². The average molecular weight is 297 g/mol. The minimum Gasteiger partial charge on any atom is -0.274 e. The Labute approximate surface area is 127 Å². The average Bonchev–Trinajstić information content (AvgIpc) is 3.02. The molecule has 0 fully saturated rings. The van der Waals surface area contributed by atoms with Gasteiger partial charge in [-0.3, -0.25) is 14.5 Å². The third kappa shape index (κ3) is 2.52. The highest BCUT2D eigenvalue weighted by atomic mass is 16.2. The number of allylic oxidation sites excluding steroid dienone is 1. The number of tetrazole rings is 1. The van der Waals surface area contributed by atoms with E-state index in [1.807, 2.05) is 6.92 Å². The Morgan fingerprint density at radius 3 is 2.41 bits per heavy atom. The number of hydrogen-bond donors (Lipinski definition) is 0. The lowest BCUT2D eigenvalue weighted by molar-refractivity contribution is 0.0655. The van der Waals surface area contributed by atoms with Crippen molar-refractivity contribution >= 4 is 11.8 Å². The van der Waals surface area contributed by atoms with Gasteiger partial charge >= 0.3 is 0 Å². The van der Waals surface area contributed by atoms with Crippen molar-refractivity contribution in [2.24, 2.45) is 0 Å². The molecule has 1 aromatic carbocycles.